The van der Waals surface area contributed by atoms with Crippen molar-refractivity contribution in [2.45, 2.75) is 13.0 Å². The molecule has 1 N–H and O–H groups in total. The summed E-state index contributed by atoms with van der Waals surface area (Å²) in [6.45, 7) is 4.99. The number of methoxy groups -OCH3 is 1. The molecule has 0 bridgehead atoms. The van der Waals surface area contributed by atoms with Crippen LogP contribution in [-0.2, 0) is 16.0 Å². The summed E-state index contributed by atoms with van der Waals surface area (Å²) in [6.07, 6.45) is 0.982. The molecule has 1 heterocycles. The number of nitrogens with one attached hydrogen (secondary N) is 1. The highest BCUT2D eigenvalue weighted by Crippen LogP contribution is 2.38. The van der Waals surface area contributed by atoms with Crippen molar-refractivity contribution in [2.75, 3.05) is 46.7 Å². The molecule has 21 heavy (non-hydrogen) atoms. The first kappa shape index (κ1) is 16.5. The minimum Gasteiger partial charge on any atom is -0.486 e. The van der Waals surface area contributed by atoms with Crippen LogP contribution in [0.3, 0.4) is 0 Å². The maximum atomic E-state index is 5.61. The second-order valence-electron chi connectivity index (χ2n) is 4.74. The van der Waals surface area contributed by atoms with Crippen molar-refractivity contribution in [1.82, 2.24) is 5.32 Å². The quantitative estimate of drug-likeness (QED) is 0.686. The van der Waals surface area contributed by atoms with Gasteiger partial charge >= 0.3 is 0 Å². The molecular weight excluding hydrogens is 338 g/mol. The third-order valence-electron chi connectivity index (χ3n) is 3.06. The van der Waals surface area contributed by atoms with Gasteiger partial charge in [-0.2, -0.15) is 0 Å². The van der Waals surface area contributed by atoms with Crippen molar-refractivity contribution in [3.8, 4) is 11.5 Å². The van der Waals surface area contributed by atoms with Gasteiger partial charge in [-0.15, -0.1) is 0 Å². The van der Waals surface area contributed by atoms with E-state index in [1.807, 2.05) is 6.07 Å². The van der Waals surface area contributed by atoms with E-state index in [0.717, 1.165) is 42.1 Å². The summed E-state index contributed by atoms with van der Waals surface area (Å²) >= 11 is 3.53. The minimum absolute atomic E-state index is 0.603. The Kier molecular flexibility index (Phi) is 7.29. The van der Waals surface area contributed by atoms with Gasteiger partial charge in [0.1, 0.15) is 13.2 Å². The molecule has 0 aromatic heterocycles. The molecule has 1 aliphatic rings. The molecule has 0 unspecified atom stereocenters. The molecule has 1 aliphatic heterocycles. The van der Waals surface area contributed by atoms with Crippen LogP contribution in [0.1, 0.15) is 12.0 Å². The van der Waals surface area contributed by atoms with E-state index in [2.05, 4.69) is 27.3 Å². The van der Waals surface area contributed by atoms with Gasteiger partial charge in [-0.05, 0) is 46.6 Å². The van der Waals surface area contributed by atoms with Crippen LogP contribution in [0, 0.1) is 0 Å². The fourth-order valence-electron chi connectivity index (χ4n) is 2.04. The lowest BCUT2D eigenvalue weighted by atomic mass is 10.2. The van der Waals surface area contributed by atoms with Gasteiger partial charge in [0.2, 0.25) is 0 Å². The lowest BCUT2D eigenvalue weighted by molar-refractivity contribution is 0.0695. The Labute approximate surface area is 134 Å². The summed E-state index contributed by atoms with van der Waals surface area (Å²) in [7, 11) is 1.68. The lowest BCUT2D eigenvalue weighted by Crippen LogP contribution is -2.18. The van der Waals surface area contributed by atoms with E-state index in [0.29, 0.717) is 26.4 Å². The van der Waals surface area contributed by atoms with Crippen molar-refractivity contribution >= 4 is 15.9 Å². The average Bonchev–Trinajstić information content (AvgIpc) is 2.50. The number of rotatable bonds is 9. The first-order chi connectivity index (χ1) is 10.3. The van der Waals surface area contributed by atoms with E-state index in [9.17, 15) is 0 Å². The SMILES string of the molecule is COCCOCCCNCc1cc(Br)c2c(c1)OCCO2. The predicted octanol–water partition coefficient (Wildman–Crippen LogP) is 2.36. The third kappa shape index (κ3) is 5.47. The zero-order valence-corrected chi connectivity index (χ0v) is 13.9. The summed E-state index contributed by atoms with van der Waals surface area (Å²) in [6, 6.07) is 4.09. The molecule has 118 valence electrons. The summed E-state index contributed by atoms with van der Waals surface area (Å²) in [4.78, 5) is 0. The van der Waals surface area contributed by atoms with Crippen molar-refractivity contribution in [3.63, 3.8) is 0 Å². The van der Waals surface area contributed by atoms with E-state index >= 15 is 0 Å². The van der Waals surface area contributed by atoms with E-state index < -0.39 is 0 Å². The summed E-state index contributed by atoms with van der Waals surface area (Å²) in [5.74, 6) is 1.62. The first-order valence-corrected chi connectivity index (χ1v) is 7.96. The fraction of sp³-hybridized carbons (Fsp3) is 0.600. The highest BCUT2D eigenvalue weighted by molar-refractivity contribution is 9.10. The number of benzene rings is 1. The Bertz CT molecular complexity index is 442. The molecule has 5 nitrogen and oxygen atoms in total. The Morgan fingerprint density at radius 3 is 2.90 bits per heavy atom. The van der Waals surface area contributed by atoms with Gasteiger partial charge in [0, 0.05) is 20.3 Å². The van der Waals surface area contributed by atoms with Crippen molar-refractivity contribution < 1.29 is 18.9 Å². The molecule has 0 amide bonds. The van der Waals surface area contributed by atoms with Gasteiger partial charge < -0.3 is 24.3 Å². The van der Waals surface area contributed by atoms with Crippen LogP contribution in [0.5, 0.6) is 11.5 Å². The molecule has 1 aromatic rings. The highest BCUT2D eigenvalue weighted by Gasteiger charge is 2.15. The maximum absolute atomic E-state index is 5.61. The van der Waals surface area contributed by atoms with E-state index in [1.54, 1.807) is 7.11 Å². The number of halogens is 1. The fourth-order valence-corrected chi connectivity index (χ4v) is 2.65. The Morgan fingerprint density at radius 2 is 2.05 bits per heavy atom. The molecule has 0 aliphatic carbocycles. The van der Waals surface area contributed by atoms with Gasteiger partial charge in [0.05, 0.1) is 17.7 Å². The standard InChI is InChI=1S/C15H22BrNO4/c1-18-5-6-19-4-2-3-17-11-12-9-13(16)15-14(10-12)20-7-8-21-15/h9-10,17H,2-8,11H2,1H3. The van der Waals surface area contributed by atoms with Gasteiger partial charge in [-0.25, -0.2) is 0 Å². The van der Waals surface area contributed by atoms with E-state index in [-0.39, 0.29) is 0 Å². The van der Waals surface area contributed by atoms with Gasteiger partial charge in [-0.1, -0.05) is 0 Å². The molecular formula is C15H22BrNO4. The third-order valence-corrected chi connectivity index (χ3v) is 3.65. The monoisotopic (exact) mass is 359 g/mol. The van der Waals surface area contributed by atoms with Crippen LogP contribution in [0.4, 0.5) is 0 Å². The van der Waals surface area contributed by atoms with Crippen LogP contribution in [0.15, 0.2) is 16.6 Å². The molecule has 0 radical (unpaired) electrons. The van der Waals surface area contributed by atoms with Gasteiger partial charge in [0.25, 0.3) is 0 Å². The molecule has 0 saturated heterocycles. The summed E-state index contributed by atoms with van der Waals surface area (Å²) in [5, 5.41) is 3.40. The number of hydrogen-bond donors (Lipinski definition) is 1. The molecule has 0 atom stereocenters. The summed E-state index contributed by atoms with van der Waals surface area (Å²) < 4.78 is 22.5. The van der Waals surface area contributed by atoms with Crippen molar-refractivity contribution in [3.05, 3.63) is 22.2 Å². The zero-order chi connectivity index (χ0) is 14.9. The molecule has 0 fully saturated rings. The van der Waals surface area contributed by atoms with Crippen LogP contribution in [0.25, 0.3) is 0 Å². The molecule has 2 rings (SSSR count). The largest absolute Gasteiger partial charge is 0.486 e. The molecule has 0 spiro atoms. The molecule has 1 aromatic carbocycles. The average molecular weight is 360 g/mol. The Morgan fingerprint density at radius 1 is 1.19 bits per heavy atom. The smallest absolute Gasteiger partial charge is 0.175 e. The minimum atomic E-state index is 0.603. The molecule has 0 saturated carbocycles. The van der Waals surface area contributed by atoms with E-state index in [1.165, 1.54) is 5.56 Å². The number of hydrogen-bond acceptors (Lipinski definition) is 5. The lowest BCUT2D eigenvalue weighted by Gasteiger charge is -2.20. The van der Waals surface area contributed by atoms with Crippen LogP contribution in [0.2, 0.25) is 0 Å². The Balaban J connectivity index is 1.68. The zero-order valence-electron chi connectivity index (χ0n) is 12.3. The second-order valence-corrected chi connectivity index (χ2v) is 5.59. The second kappa shape index (κ2) is 9.25. The number of ether oxygens (including phenoxy) is 4. The van der Waals surface area contributed by atoms with Crippen LogP contribution in [-0.4, -0.2) is 46.7 Å². The van der Waals surface area contributed by atoms with Crippen molar-refractivity contribution in [2.24, 2.45) is 0 Å². The molecule has 6 heteroatoms. The van der Waals surface area contributed by atoms with Gasteiger partial charge in [-0.3, -0.25) is 0 Å². The summed E-state index contributed by atoms with van der Waals surface area (Å²) in [5.41, 5.74) is 1.17. The van der Waals surface area contributed by atoms with Gasteiger partial charge in [0.15, 0.2) is 11.5 Å². The first-order valence-electron chi connectivity index (χ1n) is 7.16. The topological polar surface area (TPSA) is 49.0 Å². The normalized spacial score (nSPS) is 13.4. The Hall–Kier alpha value is -0.820. The van der Waals surface area contributed by atoms with Crippen molar-refractivity contribution in [1.29, 1.82) is 0 Å². The highest BCUT2D eigenvalue weighted by atomic mass is 79.9. The maximum Gasteiger partial charge on any atom is 0.175 e. The predicted molar refractivity (Wildman–Crippen MR) is 84.2 cm³/mol. The van der Waals surface area contributed by atoms with Crippen LogP contribution < -0.4 is 14.8 Å². The van der Waals surface area contributed by atoms with E-state index in [4.69, 9.17) is 18.9 Å². The van der Waals surface area contributed by atoms with Crippen LogP contribution >= 0.6 is 15.9 Å². The number of fused-ring (bicyclic) bond motifs is 1.